The van der Waals surface area contributed by atoms with Crippen LogP contribution < -0.4 is 0 Å². The fourth-order valence-electron chi connectivity index (χ4n) is 1.82. The zero-order valence-corrected chi connectivity index (χ0v) is 10.3. The van der Waals surface area contributed by atoms with Gasteiger partial charge in [-0.1, -0.05) is 21.5 Å². The fourth-order valence-corrected chi connectivity index (χ4v) is 2.45. The van der Waals surface area contributed by atoms with Gasteiger partial charge in [0.1, 0.15) is 0 Å². The van der Waals surface area contributed by atoms with E-state index in [9.17, 15) is 5.11 Å². The second-order valence-corrected chi connectivity index (χ2v) is 4.66. The smallest absolute Gasteiger partial charge is 0.0854 e. The maximum absolute atomic E-state index is 9.62. The standard InChI is InChI=1S/C11H19BrO2/c1-14-8-3-2-5-9-6-4-7-10(13)11(9)12/h10,13H,2-8H2,1H3/t10-/m1/s1. The molecule has 0 aromatic heterocycles. The average Bonchev–Trinajstić information content (AvgIpc) is 2.19. The van der Waals surface area contributed by atoms with Crippen molar-refractivity contribution in [3.05, 3.63) is 10.1 Å². The van der Waals surface area contributed by atoms with Gasteiger partial charge in [0.15, 0.2) is 0 Å². The van der Waals surface area contributed by atoms with Crippen LogP contribution in [0.15, 0.2) is 10.1 Å². The van der Waals surface area contributed by atoms with E-state index in [1.807, 2.05) is 0 Å². The monoisotopic (exact) mass is 262 g/mol. The Hall–Kier alpha value is 0.140. The molecule has 0 radical (unpaired) electrons. The summed E-state index contributed by atoms with van der Waals surface area (Å²) in [7, 11) is 1.74. The van der Waals surface area contributed by atoms with Gasteiger partial charge in [0.05, 0.1) is 6.10 Å². The third-order valence-corrected chi connectivity index (χ3v) is 3.75. The highest BCUT2D eigenvalue weighted by molar-refractivity contribution is 9.11. The third kappa shape index (κ3) is 3.71. The number of hydrogen-bond donors (Lipinski definition) is 1. The van der Waals surface area contributed by atoms with Crippen molar-refractivity contribution in [2.75, 3.05) is 13.7 Å². The van der Waals surface area contributed by atoms with E-state index in [1.165, 1.54) is 5.57 Å². The topological polar surface area (TPSA) is 29.5 Å². The largest absolute Gasteiger partial charge is 0.388 e. The molecule has 82 valence electrons. The van der Waals surface area contributed by atoms with E-state index in [1.54, 1.807) is 7.11 Å². The lowest BCUT2D eigenvalue weighted by atomic mass is 9.94. The van der Waals surface area contributed by atoms with Crippen LogP contribution in [0.5, 0.6) is 0 Å². The molecule has 0 amide bonds. The summed E-state index contributed by atoms with van der Waals surface area (Å²) in [6, 6.07) is 0. The van der Waals surface area contributed by atoms with Gasteiger partial charge in [-0.25, -0.2) is 0 Å². The Morgan fingerprint density at radius 1 is 1.50 bits per heavy atom. The van der Waals surface area contributed by atoms with Crippen LogP contribution >= 0.6 is 15.9 Å². The summed E-state index contributed by atoms with van der Waals surface area (Å²) in [6.45, 7) is 0.841. The van der Waals surface area contributed by atoms with Crippen LogP contribution in [0.2, 0.25) is 0 Å². The van der Waals surface area contributed by atoms with Crippen LogP contribution in [-0.4, -0.2) is 24.9 Å². The number of halogens is 1. The predicted octanol–water partition coefficient (Wildman–Crippen LogP) is 3.00. The van der Waals surface area contributed by atoms with Crippen molar-refractivity contribution >= 4 is 15.9 Å². The lowest BCUT2D eigenvalue weighted by Crippen LogP contribution is -2.13. The van der Waals surface area contributed by atoms with E-state index >= 15 is 0 Å². The van der Waals surface area contributed by atoms with E-state index in [2.05, 4.69) is 15.9 Å². The van der Waals surface area contributed by atoms with E-state index in [0.717, 1.165) is 49.6 Å². The number of allylic oxidation sites excluding steroid dienone is 1. The minimum Gasteiger partial charge on any atom is -0.388 e. The highest BCUT2D eigenvalue weighted by Gasteiger charge is 2.18. The Morgan fingerprint density at radius 3 is 3.00 bits per heavy atom. The molecule has 1 atom stereocenters. The zero-order valence-electron chi connectivity index (χ0n) is 8.76. The second-order valence-electron chi connectivity index (χ2n) is 3.81. The molecule has 1 rings (SSSR count). The Labute approximate surface area is 94.5 Å². The molecule has 1 aliphatic rings. The molecule has 2 nitrogen and oxygen atoms in total. The molecular formula is C11H19BrO2. The Morgan fingerprint density at radius 2 is 2.29 bits per heavy atom. The summed E-state index contributed by atoms with van der Waals surface area (Å²) in [6.07, 6.45) is 6.28. The van der Waals surface area contributed by atoms with Gasteiger partial charge in [-0.2, -0.15) is 0 Å². The van der Waals surface area contributed by atoms with Crippen LogP contribution in [-0.2, 0) is 4.74 Å². The number of aliphatic hydroxyl groups excluding tert-OH is 1. The summed E-state index contributed by atoms with van der Waals surface area (Å²) in [4.78, 5) is 0. The Bertz CT molecular complexity index is 201. The molecule has 0 aromatic rings. The SMILES string of the molecule is COCCCCC1=C(Br)[C@H](O)CCC1. The summed E-state index contributed by atoms with van der Waals surface area (Å²) in [5.41, 5.74) is 1.40. The minimum atomic E-state index is -0.249. The molecule has 0 aliphatic heterocycles. The first-order valence-corrected chi connectivity index (χ1v) is 6.09. The molecule has 1 N–H and O–H groups in total. The first-order chi connectivity index (χ1) is 6.75. The van der Waals surface area contributed by atoms with Crippen LogP contribution in [0.4, 0.5) is 0 Å². The quantitative estimate of drug-likeness (QED) is 0.773. The molecule has 0 unspecified atom stereocenters. The molecule has 0 saturated carbocycles. The van der Waals surface area contributed by atoms with Gasteiger partial charge in [-0.3, -0.25) is 0 Å². The highest BCUT2D eigenvalue weighted by Crippen LogP contribution is 2.32. The highest BCUT2D eigenvalue weighted by atomic mass is 79.9. The van der Waals surface area contributed by atoms with Gasteiger partial charge in [-0.05, 0) is 38.5 Å². The zero-order chi connectivity index (χ0) is 10.4. The predicted molar refractivity (Wildman–Crippen MR) is 61.5 cm³/mol. The van der Waals surface area contributed by atoms with Crippen molar-refractivity contribution in [1.82, 2.24) is 0 Å². The van der Waals surface area contributed by atoms with Crippen molar-refractivity contribution in [1.29, 1.82) is 0 Å². The van der Waals surface area contributed by atoms with Crippen molar-refractivity contribution in [2.45, 2.75) is 44.6 Å². The second kappa shape index (κ2) is 6.59. The molecule has 0 aromatic carbocycles. The molecule has 3 heteroatoms. The van der Waals surface area contributed by atoms with Gasteiger partial charge >= 0.3 is 0 Å². The molecule has 0 bridgehead atoms. The summed E-state index contributed by atoms with van der Waals surface area (Å²) >= 11 is 3.49. The number of hydrogen-bond acceptors (Lipinski definition) is 2. The summed E-state index contributed by atoms with van der Waals surface area (Å²) in [5.74, 6) is 0. The van der Waals surface area contributed by atoms with Crippen molar-refractivity contribution in [2.24, 2.45) is 0 Å². The van der Waals surface area contributed by atoms with Gasteiger partial charge in [0.25, 0.3) is 0 Å². The minimum absolute atomic E-state index is 0.249. The molecule has 0 fully saturated rings. The molecule has 14 heavy (non-hydrogen) atoms. The van der Waals surface area contributed by atoms with E-state index in [4.69, 9.17) is 4.74 Å². The number of unbranched alkanes of at least 4 members (excludes halogenated alkanes) is 1. The first kappa shape index (κ1) is 12.2. The lowest BCUT2D eigenvalue weighted by Gasteiger charge is -2.21. The van der Waals surface area contributed by atoms with Gasteiger partial charge in [0.2, 0.25) is 0 Å². The van der Waals surface area contributed by atoms with Crippen molar-refractivity contribution < 1.29 is 9.84 Å². The van der Waals surface area contributed by atoms with Crippen molar-refractivity contribution in [3.8, 4) is 0 Å². The van der Waals surface area contributed by atoms with Crippen LogP contribution in [0, 0.1) is 0 Å². The molecule has 0 saturated heterocycles. The van der Waals surface area contributed by atoms with E-state index in [-0.39, 0.29) is 6.10 Å². The van der Waals surface area contributed by atoms with Gasteiger partial charge < -0.3 is 9.84 Å². The first-order valence-electron chi connectivity index (χ1n) is 5.30. The van der Waals surface area contributed by atoms with Crippen molar-refractivity contribution in [3.63, 3.8) is 0 Å². The number of ether oxygens (including phenoxy) is 1. The molecule has 0 heterocycles. The maximum Gasteiger partial charge on any atom is 0.0854 e. The van der Waals surface area contributed by atoms with E-state index in [0.29, 0.717) is 0 Å². The van der Waals surface area contributed by atoms with Crippen LogP contribution in [0.25, 0.3) is 0 Å². The van der Waals surface area contributed by atoms with E-state index < -0.39 is 0 Å². The van der Waals surface area contributed by atoms with Gasteiger partial charge in [0, 0.05) is 18.2 Å². The number of aliphatic hydroxyl groups is 1. The fraction of sp³-hybridized carbons (Fsp3) is 0.818. The molecular weight excluding hydrogens is 244 g/mol. The normalized spacial score (nSPS) is 22.9. The Kier molecular flexibility index (Phi) is 5.75. The summed E-state index contributed by atoms with van der Waals surface area (Å²) < 4.78 is 6.04. The Balaban J connectivity index is 2.31. The number of rotatable bonds is 5. The van der Waals surface area contributed by atoms with Gasteiger partial charge in [-0.15, -0.1) is 0 Å². The lowest BCUT2D eigenvalue weighted by molar-refractivity contribution is 0.190. The third-order valence-electron chi connectivity index (χ3n) is 2.66. The van der Waals surface area contributed by atoms with Crippen LogP contribution in [0.1, 0.15) is 38.5 Å². The summed E-state index contributed by atoms with van der Waals surface area (Å²) in [5, 5.41) is 9.62. The molecule has 1 aliphatic carbocycles. The maximum atomic E-state index is 9.62. The average molecular weight is 263 g/mol. The number of methoxy groups -OCH3 is 1. The van der Waals surface area contributed by atoms with Crippen LogP contribution in [0.3, 0.4) is 0 Å². The molecule has 0 spiro atoms.